The van der Waals surface area contributed by atoms with Gasteiger partial charge >= 0.3 is 0 Å². The van der Waals surface area contributed by atoms with Crippen molar-refractivity contribution in [2.75, 3.05) is 57.3 Å². The molecule has 3 aliphatic heterocycles. The summed E-state index contributed by atoms with van der Waals surface area (Å²) in [6.45, 7) is 21.2. The summed E-state index contributed by atoms with van der Waals surface area (Å²) in [5.41, 5.74) is 3.91. The fourth-order valence-corrected chi connectivity index (χ4v) is 8.45. The summed E-state index contributed by atoms with van der Waals surface area (Å²) < 4.78 is 6.15. The van der Waals surface area contributed by atoms with Crippen LogP contribution in [-0.2, 0) is 12.0 Å². The van der Waals surface area contributed by atoms with Crippen molar-refractivity contribution in [1.82, 2.24) is 25.1 Å². The highest BCUT2D eigenvalue weighted by atomic mass is 35.5. The summed E-state index contributed by atoms with van der Waals surface area (Å²) in [5.74, 6) is 1.59. The second kappa shape index (κ2) is 13.7. The maximum Gasteiger partial charge on any atom is 0.225 e. The molecule has 1 saturated carbocycles. The highest BCUT2D eigenvalue weighted by Gasteiger charge is 2.42. The molecule has 1 N–H and O–H groups in total. The van der Waals surface area contributed by atoms with Crippen molar-refractivity contribution in [3.63, 3.8) is 0 Å². The molecule has 3 saturated heterocycles. The standard InChI is InChI=1S/C38H48ClN7O/c1-37(2,29-22-30(39)24-32(23-29)40-3)28-4-6-35(7-5-28)47-25-31-10-15-42-36(43-31)46-20-18-45(19-21-46)34-11-16-44(17-12-34)33-8-13-38(14-9-33)26-41-27-38/h4-7,10,15,22-24,33-34,41H,8-9,11-14,16-21,25-27H2,1-2H3. The molecule has 7 rings (SSSR count). The summed E-state index contributed by atoms with van der Waals surface area (Å²) in [4.78, 5) is 20.9. The van der Waals surface area contributed by atoms with E-state index in [1.165, 1.54) is 64.7 Å². The average Bonchev–Trinajstić information content (AvgIpc) is 3.10. The minimum atomic E-state index is -0.307. The Kier molecular flexibility index (Phi) is 9.44. The third-order valence-electron chi connectivity index (χ3n) is 11.5. The van der Waals surface area contributed by atoms with Gasteiger partial charge in [0.2, 0.25) is 5.95 Å². The Morgan fingerprint density at radius 2 is 1.57 bits per heavy atom. The van der Waals surface area contributed by atoms with E-state index < -0.39 is 0 Å². The summed E-state index contributed by atoms with van der Waals surface area (Å²) in [6.07, 6.45) is 10.1. The number of ether oxygens (including phenoxy) is 1. The highest BCUT2D eigenvalue weighted by molar-refractivity contribution is 6.31. The second-order valence-corrected chi connectivity index (χ2v) is 15.2. The van der Waals surface area contributed by atoms with Gasteiger partial charge < -0.3 is 19.9 Å². The van der Waals surface area contributed by atoms with E-state index in [0.717, 1.165) is 60.7 Å². The zero-order valence-electron chi connectivity index (χ0n) is 27.9. The molecule has 0 bridgehead atoms. The number of aromatic nitrogens is 2. The minimum absolute atomic E-state index is 0.307. The van der Waals surface area contributed by atoms with Gasteiger partial charge in [-0.2, -0.15) is 0 Å². The molecule has 1 aliphatic carbocycles. The summed E-state index contributed by atoms with van der Waals surface area (Å²) in [5, 5.41) is 4.09. The first kappa shape index (κ1) is 32.3. The Labute approximate surface area is 285 Å². The largest absolute Gasteiger partial charge is 0.487 e. The van der Waals surface area contributed by atoms with E-state index in [2.05, 4.69) is 55.8 Å². The second-order valence-electron chi connectivity index (χ2n) is 14.7. The molecule has 9 heteroatoms. The monoisotopic (exact) mass is 653 g/mol. The van der Waals surface area contributed by atoms with E-state index >= 15 is 0 Å². The smallest absolute Gasteiger partial charge is 0.225 e. The van der Waals surface area contributed by atoms with Gasteiger partial charge in [0, 0.05) is 68.0 Å². The number of hydrogen-bond donors (Lipinski definition) is 1. The molecule has 2 aromatic carbocycles. The lowest BCUT2D eigenvalue weighted by molar-refractivity contribution is 0.0251. The number of rotatable bonds is 8. The Bertz CT molecular complexity index is 1560. The number of hydrogen-bond acceptors (Lipinski definition) is 7. The number of nitrogens with one attached hydrogen (secondary N) is 1. The van der Waals surface area contributed by atoms with E-state index in [-0.39, 0.29) is 5.41 Å². The maximum atomic E-state index is 7.39. The van der Waals surface area contributed by atoms with Crippen molar-refractivity contribution < 1.29 is 4.74 Å². The molecular formula is C38H48ClN7O. The molecule has 4 aliphatic rings. The molecule has 3 aromatic rings. The molecule has 1 spiro atoms. The number of anilines is 1. The Morgan fingerprint density at radius 1 is 0.894 bits per heavy atom. The third-order valence-corrected chi connectivity index (χ3v) is 11.8. The van der Waals surface area contributed by atoms with Crippen molar-refractivity contribution in [3.05, 3.63) is 88.0 Å². The molecule has 0 atom stereocenters. The van der Waals surface area contributed by atoms with Crippen LogP contribution in [0.4, 0.5) is 11.6 Å². The van der Waals surface area contributed by atoms with Gasteiger partial charge in [0.05, 0.1) is 12.3 Å². The average molecular weight is 654 g/mol. The lowest BCUT2D eigenvalue weighted by Gasteiger charge is -2.50. The fourth-order valence-electron chi connectivity index (χ4n) is 8.22. The number of piperidine rings is 1. The predicted molar refractivity (Wildman–Crippen MR) is 189 cm³/mol. The van der Waals surface area contributed by atoms with Crippen LogP contribution in [0.3, 0.4) is 0 Å². The van der Waals surface area contributed by atoms with Gasteiger partial charge in [-0.25, -0.2) is 14.8 Å². The first-order chi connectivity index (χ1) is 22.8. The van der Waals surface area contributed by atoms with Crippen molar-refractivity contribution in [3.8, 4) is 5.75 Å². The van der Waals surface area contributed by atoms with Crippen LogP contribution in [0.25, 0.3) is 4.85 Å². The number of piperazine rings is 1. The van der Waals surface area contributed by atoms with E-state index in [1.54, 1.807) is 6.07 Å². The van der Waals surface area contributed by atoms with Crippen LogP contribution in [0.15, 0.2) is 54.7 Å². The quantitative estimate of drug-likeness (QED) is 0.272. The molecule has 1 aromatic heterocycles. The Balaban J connectivity index is 0.876. The highest BCUT2D eigenvalue weighted by Crippen LogP contribution is 2.41. The molecule has 248 valence electrons. The third kappa shape index (κ3) is 7.15. The van der Waals surface area contributed by atoms with Gasteiger partial charge in [0.1, 0.15) is 12.4 Å². The van der Waals surface area contributed by atoms with Crippen LogP contribution in [0.2, 0.25) is 5.02 Å². The first-order valence-corrected chi connectivity index (χ1v) is 17.9. The van der Waals surface area contributed by atoms with Crippen molar-refractivity contribution in [2.24, 2.45) is 5.41 Å². The molecule has 0 radical (unpaired) electrons. The van der Waals surface area contributed by atoms with Gasteiger partial charge in [-0.3, -0.25) is 4.90 Å². The van der Waals surface area contributed by atoms with E-state index in [0.29, 0.717) is 28.8 Å². The van der Waals surface area contributed by atoms with Gasteiger partial charge in [0.25, 0.3) is 0 Å². The number of halogens is 1. The van der Waals surface area contributed by atoms with Gasteiger partial charge in [0.15, 0.2) is 5.69 Å². The summed E-state index contributed by atoms with van der Waals surface area (Å²) in [6, 6.07) is 17.2. The molecule has 0 amide bonds. The number of nitrogens with zero attached hydrogens (tertiary/aromatic N) is 6. The van der Waals surface area contributed by atoms with Crippen LogP contribution >= 0.6 is 11.6 Å². The Morgan fingerprint density at radius 3 is 2.23 bits per heavy atom. The van der Waals surface area contributed by atoms with Crippen LogP contribution < -0.4 is 15.0 Å². The van der Waals surface area contributed by atoms with Crippen LogP contribution in [0.1, 0.15) is 69.2 Å². The van der Waals surface area contributed by atoms with Gasteiger partial charge in [-0.1, -0.05) is 43.6 Å². The SMILES string of the molecule is [C-]#[N+]c1cc(Cl)cc(C(C)(C)c2ccc(OCc3ccnc(N4CCN(C5CCN(C6CCC7(CC6)CNC7)CC5)CC4)n3)cc2)c1. The normalized spacial score (nSPS) is 21.4. The fraction of sp³-hybridized carbons (Fsp3) is 0.553. The molecule has 4 fully saturated rings. The Hall–Kier alpha value is -3.22. The first-order valence-electron chi connectivity index (χ1n) is 17.5. The van der Waals surface area contributed by atoms with Crippen molar-refractivity contribution >= 4 is 23.2 Å². The molecule has 0 unspecified atom stereocenters. The maximum absolute atomic E-state index is 7.39. The topological polar surface area (TPSA) is 61.1 Å². The summed E-state index contributed by atoms with van der Waals surface area (Å²) >= 11 is 6.30. The number of likely N-dealkylation sites (tertiary alicyclic amines) is 1. The van der Waals surface area contributed by atoms with E-state index in [4.69, 9.17) is 27.9 Å². The minimum Gasteiger partial charge on any atom is -0.487 e. The van der Waals surface area contributed by atoms with Crippen molar-refractivity contribution in [2.45, 2.75) is 76.5 Å². The van der Waals surface area contributed by atoms with Gasteiger partial charge in [-0.15, -0.1) is 0 Å². The lowest BCUT2D eigenvalue weighted by atomic mass is 9.68. The molecular weight excluding hydrogens is 606 g/mol. The lowest BCUT2D eigenvalue weighted by Crippen LogP contribution is -2.58. The van der Waals surface area contributed by atoms with Crippen LogP contribution in [0.5, 0.6) is 5.75 Å². The van der Waals surface area contributed by atoms with Crippen molar-refractivity contribution in [1.29, 1.82) is 0 Å². The van der Waals surface area contributed by atoms with Gasteiger partial charge in [-0.05, 0) is 98.5 Å². The van der Waals surface area contributed by atoms with Crippen LogP contribution in [-0.4, -0.2) is 84.2 Å². The zero-order chi connectivity index (χ0) is 32.4. The zero-order valence-corrected chi connectivity index (χ0v) is 28.7. The molecule has 4 heterocycles. The predicted octanol–water partition coefficient (Wildman–Crippen LogP) is 6.70. The number of benzene rings is 2. The van der Waals surface area contributed by atoms with Crippen LogP contribution in [0, 0.1) is 12.0 Å². The molecule has 47 heavy (non-hydrogen) atoms. The summed E-state index contributed by atoms with van der Waals surface area (Å²) in [7, 11) is 0. The van der Waals surface area contributed by atoms with E-state index in [1.807, 2.05) is 36.5 Å². The molecule has 8 nitrogen and oxygen atoms in total. The van der Waals surface area contributed by atoms with E-state index in [9.17, 15) is 0 Å².